The Hall–Kier alpha value is -2.15. The van der Waals surface area contributed by atoms with Crippen molar-refractivity contribution in [2.45, 2.75) is 57.7 Å². The molecule has 3 N–H and O–H groups in total. The molecule has 1 atom stereocenters. The molecule has 4 heterocycles. The van der Waals surface area contributed by atoms with Crippen LogP contribution in [0.5, 0.6) is 5.75 Å². The van der Waals surface area contributed by atoms with Crippen LogP contribution in [0.15, 0.2) is 20.1 Å². The number of aryl methyl sites for hydroxylation is 2. The number of nitrogens with one attached hydrogen (secondary N) is 2. The van der Waals surface area contributed by atoms with Gasteiger partial charge in [-0.3, -0.25) is 0 Å². The van der Waals surface area contributed by atoms with Crippen molar-refractivity contribution in [1.82, 2.24) is 13.1 Å². The summed E-state index contributed by atoms with van der Waals surface area (Å²) in [5.41, 5.74) is 1.16. The molecule has 0 bridgehead atoms. The van der Waals surface area contributed by atoms with Crippen molar-refractivity contribution in [1.29, 1.82) is 0 Å². The molecule has 0 aliphatic carbocycles. The Morgan fingerprint density at radius 3 is 2.45 bits per heavy atom. The lowest BCUT2D eigenvalue weighted by atomic mass is 9.85. The molecular weight excluding hydrogens is 482 g/mol. The van der Waals surface area contributed by atoms with E-state index in [1.54, 1.807) is 5.38 Å². The zero-order valence-corrected chi connectivity index (χ0v) is 21.7. The smallest absolute Gasteiger partial charge is 0.256 e. The molecule has 33 heavy (non-hydrogen) atoms. The molecule has 3 aromatic rings. The van der Waals surface area contributed by atoms with Crippen LogP contribution in [0.3, 0.4) is 0 Å². The van der Waals surface area contributed by atoms with Crippen LogP contribution < -0.4 is 10.6 Å². The van der Waals surface area contributed by atoms with Gasteiger partial charge in [0, 0.05) is 18.5 Å². The summed E-state index contributed by atoms with van der Waals surface area (Å²) in [7, 11) is -3.71. The third-order valence-corrected chi connectivity index (χ3v) is 9.65. The third-order valence-electron chi connectivity index (χ3n) is 5.73. The van der Waals surface area contributed by atoms with Crippen LogP contribution in [0.4, 0.5) is 17.3 Å². The van der Waals surface area contributed by atoms with Gasteiger partial charge in [-0.2, -0.15) is 13.1 Å². The first kappa shape index (κ1) is 24.0. The van der Waals surface area contributed by atoms with Crippen LogP contribution in [0.25, 0.3) is 0 Å². The van der Waals surface area contributed by atoms with Crippen LogP contribution in [-0.2, 0) is 10.0 Å². The Kier molecular flexibility index (Phi) is 6.47. The van der Waals surface area contributed by atoms with E-state index in [-0.39, 0.29) is 27.1 Å². The summed E-state index contributed by atoms with van der Waals surface area (Å²) in [5.74, 6) is 2.28. The van der Waals surface area contributed by atoms with Gasteiger partial charge in [-0.15, -0.1) is 11.3 Å². The Bertz CT molecular complexity index is 1210. The molecule has 4 rings (SSSR count). The number of furan rings is 1. The SMILES string of the molecule is Cc1cc([C@H](Nc2nsnc2Nc2csc(S(=O)(=O)N3CCCC3)c2O)C(C)(C)C)oc1C. The Morgan fingerprint density at radius 2 is 1.85 bits per heavy atom. The van der Waals surface area contributed by atoms with Crippen molar-refractivity contribution in [3.63, 3.8) is 0 Å². The summed E-state index contributed by atoms with van der Waals surface area (Å²) in [5, 5.41) is 18.8. The van der Waals surface area contributed by atoms with Gasteiger partial charge >= 0.3 is 0 Å². The summed E-state index contributed by atoms with van der Waals surface area (Å²) in [6, 6.07) is 1.84. The monoisotopic (exact) mass is 511 g/mol. The lowest BCUT2D eigenvalue weighted by Crippen LogP contribution is -2.27. The molecule has 1 saturated heterocycles. The highest BCUT2D eigenvalue weighted by atomic mass is 32.2. The average Bonchev–Trinajstić information content (AvgIpc) is 3.50. The minimum Gasteiger partial charge on any atom is -0.504 e. The number of thiophene rings is 1. The van der Waals surface area contributed by atoms with Crippen LogP contribution >= 0.6 is 23.1 Å². The van der Waals surface area contributed by atoms with Crippen LogP contribution in [0.1, 0.15) is 56.7 Å². The molecule has 180 valence electrons. The van der Waals surface area contributed by atoms with Gasteiger partial charge in [0.25, 0.3) is 10.0 Å². The van der Waals surface area contributed by atoms with E-state index in [2.05, 4.69) is 40.2 Å². The maximum atomic E-state index is 12.9. The van der Waals surface area contributed by atoms with Gasteiger partial charge < -0.3 is 20.2 Å². The molecule has 1 aliphatic rings. The maximum absolute atomic E-state index is 12.9. The first-order valence-electron chi connectivity index (χ1n) is 10.7. The van der Waals surface area contributed by atoms with Crippen molar-refractivity contribution < 1.29 is 17.9 Å². The third kappa shape index (κ3) is 4.75. The zero-order valence-electron chi connectivity index (χ0n) is 19.3. The van der Waals surface area contributed by atoms with Crippen molar-refractivity contribution >= 4 is 50.4 Å². The van der Waals surface area contributed by atoms with Gasteiger partial charge in [0.1, 0.15) is 11.5 Å². The van der Waals surface area contributed by atoms with E-state index in [0.717, 1.165) is 53.0 Å². The fourth-order valence-corrected chi connectivity index (χ4v) is 7.11. The van der Waals surface area contributed by atoms with Crippen molar-refractivity contribution in [3.05, 3.63) is 28.5 Å². The van der Waals surface area contributed by atoms with Crippen molar-refractivity contribution in [2.24, 2.45) is 5.41 Å². The Balaban J connectivity index is 1.59. The summed E-state index contributed by atoms with van der Waals surface area (Å²) in [6.07, 6.45) is 1.67. The van der Waals surface area contributed by atoms with Gasteiger partial charge in [-0.05, 0) is 43.7 Å². The summed E-state index contributed by atoms with van der Waals surface area (Å²) < 4.78 is 41.8. The number of hydrogen-bond donors (Lipinski definition) is 3. The predicted molar refractivity (Wildman–Crippen MR) is 131 cm³/mol. The van der Waals surface area contributed by atoms with Crippen molar-refractivity contribution in [3.8, 4) is 5.75 Å². The predicted octanol–water partition coefficient (Wildman–Crippen LogP) is 5.24. The second-order valence-electron chi connectivity index (χ2n) is 9.31. The van der Waals surface area contributed by atoms with E-state index >= 15 is 0 Å². The molecule has 0 aromatic carbocycles. The van der Waals surface area contributed by atoms with E-state index in [1.807, 2.05) is 19.9 Å². The fraction of sp³-hybridized carbons (Fsp3) is 0.524. The van der Waals surface area contributed by atoms with Gasteiger partial charge in [-0.25, -0.2) is 8.42 Å². The van der Waals surface area contributed by atoms with Crippen LogP contribution in [0, 0.1) is 19.3 Å². The standard InChI is InChI=1S/C21H29N5O4S3/c1-12-10-15(30-13(12)2)17(21(3,4)5)23-19-18(24-32-25-19)22-14-11-31-20(16(14)27)33(28,29)26-8-6-7-9-26/h10-11,17,27H,6-9H2,1-5H3,(H,22,24)(H,23,25)/t17-/m0/s1. The number of rotatable bonds is 7. The van der Waals surface area contributed by atoms with Crippen LogP contribution in [0.2, 0.25) is 0 Å². The van der Waals surface area contributed by atoms with E-state index in [4.69, 9.17) is 4.42 Å². The van der Waals surface area contributed by atoms with Gasteiger partial charge in [-0.1, -0.05) is 20.8 Å². The highest BCUT2D eigenvalue weighted by molar-refractivity contribution is 7.91. The Morgan fingerprint density at radius 1 is 1.18 bits per heavy atom. The molecule has 0 unspecified atom stereocenters. The number of hydrogen-bond acceptors (Lipinski definition) is 10. The summed E-state index contributed by atoms with van der Waals surface area (Å²) >= 11 is 2.01. The van der Waals surface area contributed by atoms with Crippen LogP contribution in [-0.4, -0.2) is 39.7 Å². The second kappa shape index (κ2) is 8.90. The average molecular weight is 512 g/mol. The first-order chi connectivity index (χ1) is 15.5. The molecule has 9 nitrogen and oxygen atoms in total. The lowest BCUT2D eigenvalue weighted by Gasteiger charge is -2.30. The van der Waals surface area contributed by atoms with Gasteiger partial charge in [0.2, 0.25) is 0 Å². The van der Waals surface area contributed by atoms with E-state index in [1.165, 1.54) is 4.31 Å². The zero-order chi connectivity index (χ0) is 24.0. The highest BCUT2D eigenvalue weighted by Crippen LogP contribution is 2.43. The summed E-state index contributed by atoms with van der Waals surface area (Å²) in [4.78, 5) is 0. The number of aromatic hydroxyl groups is 1. The maximum Gasteiger partial charge on any atom is 0.256 e. The van der Waals surface area contributed by atoms with Gasteiger partial charge in [0.05, 0.1) is 23.5 Å². The topological polar surface area (TPSA) is 121 Å². The molecule has 0 saturated carbocycles. The lowest BCUT2D eigenvalue weighted by molar-refractivity contribution is 0.300. The Labute approximate surface area is 202 Å². The second-order valence-corrected chi connectivity index (χ2v) is 12.9. The fourth-order valence-electron chi connectivity index (χ4n) is 3.74. The quantitative estimate of drug-likeness (QED) is 0.394. The molecule has 1 aliphatic heterocycles. The van der Waals surface area contributed by atoms with E-state index in [9.17, 15) is 13.5 Å². The highest BCUT2D eigenvalue weighted by Gasteiger charge is 2.33. The molecule has 0 amide bonds. The molecule has 1 fully saturated rings. The van der Waals surface area contributed by atoms with Gasteiger partial charge in [0.15, 0.2) is 21.6 Å². The minimum absolute atomic E-state index is 0.0568. The summed E-state index contributed by atoms with van der Waals surface area (Å²) in [6.45, 7) is 11.2. The molecular formula is C21H29N5O4S3. The van der Waals surface area contributed by atoms with Crippen molar-refractivity contribution in [2.75, 3.05) is 23.7 Å². The molecule has 0 radical (unpaired) electrons. The number of aromatic nitrogens is 2. The number of sulfonamides is 1. The molecule has 0 spiro atoms. The normalized spacial score (nSPS) is 16.3. The number of anilines is 3. The van der Waals surface area contributed by atoms with E-state index < -0.39 is 10.0 Å². The molecule has 12 heteroatoms. The molecule has 3 aromatic heterocycles. The largest absolute Gasteiger partial charge is 0.504 e. The van der Waals surface area contributed by atoms with E-state index in [0.29, 0.717) is 24.7 Å². The number of nitrogens with zero attached hydrogens (tertiary/aromatic N) is 3. The first-order valence-corrected chi connectivity index (χ1v) is 13.8. The minimum atomic E-state index is -3.71.